The Morgan fingerprint density at radius 2 is 2.14 bits per heavy atom. The lowest BCUT2D eigenvalue weighted by Gasteiger charge is -2.23. The number of hydrogen-bond acceptors (Lipinski definition) is 2. The van der Waals surface area contributed by atoms with Crippen molar-refractivity contribution in [3.63, 3.8) is 0 Å². The van der Waals surface area contributed by atoms with E-state index in [4.69, 9.17) is 16.3 Å². The second kappa shape index (κ2) is 6.58. The smallest absolute Gasteiger partial charge is 0.123 e. The molecule has 2 aliphatic rings. The van der Waals surface area contributed by atoms with Crippen LogP contribution in [0.15, 0.2) is 18.2 Å². The maximum Gasteiger partial charge on any atom is 0.123 e. The minimum absolute atomic E-state index is 0.461. The minimum Gasteiger partial charge on any atom is -0.493 e. The third-order valence-electron chi connectivity index (χ3n) is 5.06. The molecule has 3 heteroatoms. The summed E-state index contributed by atoms with van der Waals surface area (Å²) in [7, 11) is 0. The molecule has 1 aromatic carbocycles. The molecule has 0 saturated heterocycles. The molecule has 2 nitrogen and oxygen atoms in total. The molecule has 0 aliphatic heterocycles. The van der Waals surface area contributed by atoms with Gasteiger partial charge in [0.25, 0.3) is 0 Å². The molecule has 0 heterocycles. The molecule has 3 rings (SSSR count). The van der Waals surface area contributed by atoms with Crippen molar-refractivity contribution in [1.82, 2.24) is 5.32 Å². The van der Waals surface area contributed by atoms with Crippen LogP contribution in [0.2, 0.25) is 5.02 Å². The molecule has 2 aliphatic carbocycles. The lowest BCUT2D eigenvalue weighted by atomic mass is 9.89. The Kier molecular flexibility index (Phi) is 4.75. The SMILES string of the molecule is CC(C)NCc1cc(Cl)ccc1OCC1CC2CCC1C2. The van der Waals surface area contributed by atoms with Crippen LogP contribution in [0, 0.1) is 17.8 Å². The molecule has 0 spiro atoms. The van der Waals surface area contributed by atoms with E-state index in [1.807, 2.05) is 18.2 Å². The largest absolute Gasteiger partial charge is 0.493 e. The first-order valence-electron chi connectivity index (χ1n) is 8.26. The summed E-state index contributed by atoms with van der Waals surface area (Å²) in [5, 5.41) is 4.23. The first-order valence-corrected chi connectivity index (χ1v) is 8.64. The van der Waals surface area contributed by atoms with Gasteiger partial charge in [0.2, 0.25) is 0 Å². The first-order chi connectivity index (χ1) is 10.1. The van der Waals surface area contributed by atoms with E-state index in [0.29, 0.717) is 6.04 Å². The van der Waals surface area contributed by atoms with Crippen LogP contribution >= 0.6 is 11.6 Å². The molecular formula is C18H26ClNO. The van der Waals surface area contributed by atoms with Crippen LogP contribution in [0.5, 0.6) is 5.75 Å². The third-order valence-corrected chi connectivity index (χ3v) is 5.30. The third kappa shape index (κ3) is 3.73. The van der Waals surface area contributed by atoms with Crippen LogP contribution < -0.4 is 10.1 Å². The molecule has 1 aromatic rings. The van der Waals surface area contributed by atoms with Gasteiger partial charge in [-0.15, -0.1) is 0 Å². The quantitative estimate of drug-likeness (QED) is 0.825. The summed E-state index contributed by atoms with van der Waals surface area (Å²) in [6.45, 7) is 5.99. The van der Waals surface area contributed by atoms with Gasteiger partial charge in [0, 0.05) is 23.2 Å². The number of rotatable bonds is 6. The van der Waals surface area contributed by atoms with Crippen molar-refractivity contribution in [2.24, 2.45) is 17.8 Å². The van der Waals surface area contributed by atoms with Gasteiger partial charge < -0.3 is 10.1 Å². The summed E-state index contributed by atoms with van der Waals surface area (Å²) in [6, 6.07) is 6.43. The van der Waals surface area contributed by atoms with E-state index in [1.165, 1.54) is 31.2 Å². The second-order valence-corrected chi connectivity index (χ2v) is 7.47. The summed E-state index contributed by atoms with van der Waals surface area (Å²) in [6.07, 6.45) is 5.68. The number of hydrogen-bond donors (Lipinski definition) is 1. The zero-order valence-electron chi connectivity index (χ0n) is 13.1. The van der Waals surface area contributed by atoms with E-state index in [-0.39, 0.29) is 0 Å². The molecule has 3 atom stereocenters. The average molecular weight is 308 g/mol. The maximum absolute atomic E-state index is 6.16. The summed E-state index contributed by atoms with van der Waals surface area (Å²) in [5.74, 6) is 3.66. The van der Waals surface area contributed by atoms with E-state index < -0.39 is 0 Å². The van der Waals surface area contributed by atoms with Crippen LogP contribution in [0.4, 0.5) is 0 Å². The molecule has 2 fully saturated rings. The zero-order chi connectivity index (χ0) is 14.8. The Morgan fingerprint density at radius 3 is 2.81 bits per heavy atom. The van der Waals surface area contributed by atoms with E-state index >= 15 is 0 Å². The van der Waals surface area contributed by atoms with Gasteiger partial charge in [-0.05, 0) is 55.2 Å². The fourth-order valence-electron chi connectivity index (χ4n) is 3.92. The lowest BCUT2D eigenvalue weighted by Crippen LogP contribution is -2.23. The average Bonchev–Trinajstić information content (AvgIpc) is 3.06. The standard InChI is InChI=1S/C18H26ClNO/c1-12(2)20-10-15-9-17(19)5-6-18(15)21-11-16-8-13-3-4-14(16)7-13/h5-6,9,12-14,16,20H,3-4,7-8,10-11H2,1-2H3. The van der Waals surface area contributed by atoms with Gasteiger partial charge in [-0.25, -0.2) is 0 Å². The van der Waals surface area contributed by atoms with E-state index in [0.717, 1.165) is 41.7 Å². The Balaban J connectivity index is 1.61. The molecule has 2 saturated carbocycles. The molecule has 3 unspecified atom stereocenters. The van der Waals surface area contributed by atoms with Crippen LogP contribution in [0.3, 0.4) is 0 Å². The molecule has 0 radical (unpaired) electrons. The van der Waals surface area contributed by atoms with Crippen LogP contribution in [0.25, 0.3) is 0 Å². The maximum atomic E-state index is 6.16. The van der Waals surface area contributed by atoms with Gasteiger partial charge in [-0.3, -0.25) is 0 Å². The minimum atomic E-state index is 0.461. The molecule has 1 N–H and O–H groups in total. The number of fused-ring (bicyclic) bond motifs is 2. The van der Waals surface area contributed by atoms with E-state index in [9.17, 15) is 0 Å². The molecule has 116 valence electrons. The molecule has 0 amide bonds. The first kappa shape index (κ1) is 15.2. The number of benzene rings is 1. The highest BCUT2D eigenvalue weighted by Crippen LogP contribution is 2.48. The van der Waals surface area contributed by atoms with Crippen LogP contribution in [-0.2, 0) is 6.54 Å². The highest BCUT2D eigenvalue weighted by Gasteiger charge is 2.39. The van der Waals surface area contributed by atoms with Gasteiger partial charge in [0.15, 0.2) is 0 Å². The van der Waals surface area contributed by atoms with Gasteiger partial charge in [0.05, 0.1) is 6.61 Å². The van der Waals surface area contributed by atoms with Crippen LogP contribution in [0.1, 0.15) is 45.1 Å². The Hall–Kier alpha value is -0.730. The fourth-order valence-corrected chi connectivity index (χ4v) is 4.11. The van der Waals surface area contributed by atoms with E-state index in [2.05, 4.69) is 19.2 Å². The zero-order valence-corrected chi connectivity index (χ0v) is 13.8. The highest BCUT2D eigenvalue weighted by molar-refractivity contribution is 6.30. The predicted molar refractivity (Wildman–Crippen MR) is 87.9 cm³/mol. The van der Waals surface area contributed by atoms with Crippen molar-refractivity contribution in [1.29, 1.82) is 0 Å². The van der Waals surface area contributed by atoms with Crippen molar-refractivity contribution in [2.45, 2.75) is 52.1 Å². The lowest BCUT2D eigenvalue weighted by molar-refractivity contribution is 0.193. The Labute approximate surface area is 133 Å². The van der Waals surface area contributed by atoms with Crippen LogP contribution in [-0.4, -0.2) is 12.6 Å². The Bertz CT molecular complexity index is 488. The highest BCUT2D eigenvalue weighted by atomic mass is 35.5. The van der Waals surface area contributed by atoms with Crippen molar-refractivity contribution < 1.29 is 4.74 Å². The van der Waals surface area contributed by atoms with E-state index in [1.54, 1.807) is 0 Å². The number of ether oxygens (including phenoxy) is 1. The summed E-state index contributed by atoms with van der Waals surface area (Å²) < 4.78 is 6.16. The predicted octanol–water partition coefficient (Wildman–Crippen LogP) is 4.65. The van der Waals surface area contributed by atoms with Crippen molar-refractivity contribution in [2.75, 3.05) is 6.61 Å². The topological polar surface area (TPSA) is 21.3 Å². The summed E-state index contributed by atoms with van der Waals surface area (Å²) in [5.41, 5.74) is 1.17. The molecular weight excluding hydrogens is 282 g/mol. The van der Waals surface area contributed by atoms with Crippen molar-refractivity contribution in [3.05, 3.63) is 28.8 Å². The van der Waals surface area contributed by atoms with Gasteiger partial charge in [-0.2, -0.15) is 0 Å². The normalized spacial score (nSPS) is 27.5. The summed E-state index contributed by atoms with van der Waals surface area (Å²) in [4.78, 5) is 0. The molecule has 2 bridgehead atoms. The molecule has 0 aromatic heterocycles. The van der Waals surface area contributed by atoms with Gasteiger partial charge in [-0.1, -0.05) is 31.9 Å². The number of halogens is 1. The molecule has 21 heavy (non-hydrogen) atoms. The van der Waals surface area contributed by atoms with Gasteiger partial charge >= 0.3 is 0 Å². The Morgan fingerprint density at radius 1 is 1.29 bits per heavy atom. The second-order valence-electron chi connectivity index (χ2n) is 7.03. The number of nitrogens with one attached hydrogen (secondary N) is 1. The van der Waals surface area contributed by atoms with Crippen molar-refractivity contribution in [3.8, 4) is 5.75 Å². The van der Waals surface area contributed by atoms with Crippen molar-refractivity contribution >= 4 is 11.6 Å². The summed E-state index contributed by atoms with van der Waals surface area (Å²) >= 11 is 6.13. The monoisotopic (exact) mass is 307 g/mol. The van der Waals surface area contributed by atoms with Gasteiger partial charge in [0.1, 0.15) is 5.75 Å². The fraction of sp³-hybridized carbons (Fsp3) is 0.667.